The molecule has 0 spiro atoms. The van der Waals surface area contributed by atoms with Gasteiger partial charge in [-0.25, -0.2) is 0 Å². The standard InChI is InChI=1S/C76H63N5O2.Pt/c1-44(2)58-37-54(49-23-12-10-13-24-49)38-59(45(3)4)71(58)80-68-33-20-18-31-65(68)78-75(80)53-29-22-30-56(35-53)82-57-42-63-70-48(9)77-67-41-52-28-17-16-27-51(52)36-62(67)74(70)83-73(63)64(43-57)76-79-66-32-19-21-34-69(66)81(76)72-60(46(5)6)39-55(40-61(72)47(7)8)50-25-14-11-15-26-50;/h10-34,36-42,44-47H,1-9H3;/q-2;+2. The molecule has 10 aromatic carbocycles. The maximum atomic E-state index is 7.35. The van der Waals surface area contributed by atoms with Crippen molar-refractivity contribution < 1.29 is 30.2 Å². The van der Waals surface area contributed by atoms with E-state index in [-0.39, 0.29) is 44.7 Å². The molecule has 0 N–H and O–H groups in total. The van der Waals surface area contributed by atoms with Crippen LogP contribution < -0.4 is 4.74 Å². The van der Waals surface area contributed by atoms with Gasteiger partial charge in [0.2, 0.25) is 0 Å². The van der Waals surface area contributed by atoms with Crippen LogP contribution >= 0.6 is 0 Å². The zero-order valence-corrected chi connectivity index (χ0v) is 50.9. The minimum absolute atomic E-state index is 0. The van der Waals surface area contributed by atoms with Crippen molar-refractivity contribution in [2.45, 2.75) is 86.0 Å². The molecule has 8 heteroatoms. The van der Waals surface area contributed by atoms with Crippen molar-refractivity contribution in [2.75, 3.05) is 0 Å². The molecule has 0 saturated heterocycles. The first-order valence-electron chi connectivity index (χ1n) is 29.1. The largest absolute Gasteiger partial charge is 2.00 e. The van der Waals surface area contributed by atoms with Crippen molar-refractivity contribution in [3.63, 3.8) is 0 Å². The van der Waals surface area contributed by atoms with Gasteiger partial charge in [0.1, 0.15) is 5.58 Å². The fourth-order valence-corrected chi connectivity index (χ4v) is 12.5. The van der Waals surface area contributed by atoms with Crippen LogP contribution in [0.4, 0.5) is 0 Å². The average molecular weight is 1270 g/mol. The van der Waals surface area contributed by atoms with Gasteiger partial charge >= 0.3 is 21.1 Å². The van der Waals surface area contributed by atoms with Crippen LogP contribution in [0.2, 0.25) is 0 Å². The molecular weight excluding hydrogens is 1210 g/mol. The predicted octanol–water partition coefficient (Wildman–Crippen LogP) is 20.8. The first kappa shape index (κ1) is 54.4. The van der Waals surface area contributed by atoms with Crippen LogP contribution in [0.3, 0.4) is 0 Å². The quantitative estimate of drug-likeness (QED) is 0.0900. The summed E-state index contributed by atoms with van der Waals surface area (Å²) in [5.41, 5.74) is 20.3. The minimum Gasteiger partial charge on any atom is -0.500 e. The number of furan rings is 1. The molecular formula is C76H63N5O2Pt. The summed E-state index contributed by atoms with van der Waals surface area (Å²) in [6.07, 6.45) is 0. The van der Waals surface area contributed by atoms with Crippen LogP contribution in [0, 0.1) is 19.1 Å². The Labute approximate surface area is 504 Å². The van der Waals surface area contributed by atoms with Crippen molar-refractivity contribution in [3.8, 4) is 67.9 Å². The molecule has 4 heterocycles. The second-order valence-electron chi connectivity index (χ2n) is 23.4. The van der Waals surface area contributed by atoms with Gasteiger partial charge in [0.05, 0.1) is 44.8 Å². The molecule has 0 saturated carbocycles. The van der Waals surface area contributed by atoms with E-state index in [1.54, 1.807) is 0 Å². The van der Waals surface area contributed by atoms with Crippen molar-refractivity contribution in [2.24, 2.45) is 0 Å². The molecule has 84 heavy (non-hydrogen) atoms. The number of hydrogen-bond acceptors (Lipinski definition) is 5. The number of imidazole rings is 2. The number of benzene rings is 10. The Morgan fingerprint density at radius 3 is 1.45 bits per heavy atom. The topological polar surface area (TPSA) is 70.9 Å². The van der Waals surface area contributed by atoms with E-state index >= 15 is 0 Å². The van der Waals surface area contributed by atoms with Crippen LogP contribution in [0.1, 0.15) is 107 Å². The zero-order chi connectivity index (χ0) is 56.8. The number of para-hydroxylation sites is 4. The van der Waals surface area contributed by atoms with Crippen molar-refractivity contribution in [3.05, 3.63) is 234 Å². The molecule has 0 aliphatic carbocycles. The van der Waals surface area contributed by atoms with E-state index in [4.69, 9.17) is 24.1 Å². The molecule has 0 aliphatic heterocycles. The minimum atomic E-state index is 0. The third kappa shape index (κ3) is 9.30. The van der Waals surface area contributed by atoms with Crippen LogP contribution in [-0.4, -0.2) is 24.1 Å². The Morgan fingerprint density at radius 1 is 0.417 bits per heavy atom. The summed E-state index contributed by atoms with van der Waals surface area (Å²) >= 11 is 0. The van der Waals surface area contributed by atoms with E-state index in [9.17, 15) is 0 Å². The van der Waals surface area contributed by atoms with Gasteiger partial charge in [-0.1, -0.05) is 188 Å². The van der Waals surface area contributed by atoms with Gasteiger partial charge < -0.3 is 18.3 Å². The number of nitrogens with zero attached hydrogens (tertiary/aromatic N) is 5. The molecule has 0 radical (unpaired) electrons. The molecule has 0 fully saturated rings. The van der Waals surface area contributed by atoms with Gasteiger partial charge in [0.25, 0.3) is 0 Å². The predicted molar refractivity (Wildman–Crippen MR) is 343 cm³/mol. The Balaban J connectivity index is 0.00000658. The van der Waals surface area contributed by atoms with E-state index in [0.29, 0.717) is 28.5 Å². The number of aromatic nitrogens is 5. The number of fused-ring (bicyclic) bond motifs is 8. The number of pyridine rings is 1. The summed E-state index contributed by atoms with van der Waals surface area (Å²) in [5, 5.41) is 4.93. The summed E-state index contributed by atoms with van der Waals surface area (Å²) in [6.45, 7) is 20.4. The number of aryl methyl sites for hydroxylation is 1. The van der Waals surface area contributed by atoms with E-state index in [1.807, 2.05) is 12.1 Å². The summed E-state index contributed by atoms with van der Waals surface area (Å²) < 4.78 is 19.2. The van der Waals surface area contributed by atoms with Crippen molar-refractivity contribution in [1.29, 1.82) is 0 Å². The third-order valence-corrected chi connectivity index (χ3v) is 16.5. The monoisotopic (exact) mass is 1270 g/mol. The smallest absolute Gasteiger partial charge is 0.500 e. The van der Waals surface area contributed by atoms with Crippen LogP contribution in [0.15, 0.2) is 199 Å². The van der Waals surface area contributed by atoms with Crippen molar-refractivity contribution >= 4 is 65.7 Å². The second-order valence-corrected chi connectivity index (χ2v) is 23.4. The Kier molecular flexibility index (Phi) is 14.0. The molecule has 4 aromatic heterocycles. The molecule has 0 unspecified atom stereocenters. The SMILES string of the molecule is Cc1nc2cc3ccccc3cc2c2oc3c(-c4nc5ccccc5n4-c4c(C(C)C)cc(-c5ccccc5)cc4C(C)C)[c-]c(Oc4[c-]c(-c5nc6ccccc6n5-c5c(C(C)C)cc(-c6ccccc6)cc5C(C)C)ccc4)cc3c12.[Pt+2]. The summed E-state index contributed by atoms with van der Waals surface area (Å²) in [5.74, 6) is 3.24. The van der Waals surface area contributed by atoms with E-state index < -0.39 is 0 Å². The van der Waals surface area contributed by atoms with Gasteiger partial charge in [0, 0.05) is 39.3 Å². The third-order valence-electron chi connectivity index (χ3n) is 16.5. The molecule has 0 atom stereocenters. The zero-order valence-electron chi connectivity index (χ0n) is 48.7. The molecule has 14 aromatic rings. The number of rotatable bonds is 12. The van der Waals surface area contributed by atoms with Gasteiger partial charge in [-0.2, -0.15) is 0 Å². The molecule has 0 aliphatic rings. The fourth-order valence-electron chi connectivity index (χ4n) is 12.5. The average Bonchev–Trinajstić information content (AvgIpc) is 2.76. The first-order valence-corrected chi connectivity index (χ1v) is 29.1. The van der Waals surface area contributed by atoms with E-state index in [2.05, 4.69) is 266 Å². The van der Waals surface area contributed by atoms with Gasteiger partial charge in [-0.15, -0.1) is 23.8 Å². The second kappa shape index (κ2) is 21.7. The summed E-state index contributed by atoms with van der Waals surface area (Å²) in [7, 11) is 0. The van der Waals surface area contributed by atoms with Gasteiger partial charge in [-0.05, 0) is 152 Å². The summed E-state index contributed by atoms with van der Waals surface area (Å²) in [4.78, 5) is 16.3. The van der Waals surface area contributed by atoms with E-state index in [0.717, 1.165) is 88.6 Å². The molecule has 7 nitrogen and oxygen atoms in total. The Bertz CT molecular complexity index is 4800. The molecule has 414 valence electrons. The van der Waals surface area contributed by atoms with Gasteiger partial charge in [-0.3, -0.25) is 15.0 Å². The van der Waals surface area contributed by atoms with Crippen LogP contribution in [-0.2, 0) is 21.1 Å². The summed E-state index contributed by atoms with van der Waals surface area (Å²) in [6, 6.07) is 76.3. The van der Waals surface area contributed by atoms with Gasteiger partial charge in [0.15, 0.2) is 0 Å². The maximum absolute atomic E-state index is 7.35. The Morgan fingerprint density at radius 2 is 0.905 bits per heavy atom. The van der Waals surface area contributed by atoms with Crippen molar-refractivity contribution in [1.82, 2.24) is 24.1 Å². The fraction of sp³-hybridized carbons (Fsp3) is 0.171. The first-order chi connectivity index (χ1) is 40.4. The molecule has 0 bridgehead atoms. The number of hydrogen-bond donors (Lipinski definition) is 0. The Hall–Kier alpha value is -8.90. The van der Waals surface area contributed by atoms with Crippen LogP contribution in [0.5, 0.6) is 11.5 Å². The molecule has 14 rings (SSSR count). The maximum Gasteiger partial charge on any atom is 2.00 e. The molecule has 0 amide bonds. The van der Waals surface area contributed by atoms with Crippen LogP contribution in [0.25, 0.3) is 122 Å². The normalized spacial score (nSPS) is 12.0. The number of ether oxygens (including phenoxy) is 1. The van der Waals surface area contributed by atoms with E-state index in [1.165, 1.54) is 44.5 Å².